The Bertz CT molecular complexity index is 1310. The Kier molecular flexibility index (Phi) is 6.07. The predicted octanol–water partition coefficient (Wildman–Crippen LogP) is 3.29. The van der Waals surface area contributed by atoms with Gasteiger partial charge >= 0.3 is 5.97 Å². The van der Waals surface area contributed by atoms with Gasteiger partial charge in [-0.1, -0.05) is 23.5 Å². The molecule has 12 heteroatoms. The van der Waals surface area contributed by atoms with Gasteiger partial charge < -0.3 is 9.15 Å². The number of nitro groups is 1. The van der Waals surface area contributed by atoms with Gasteiger partial charge in [-0.05, 0) is 31.5 Å². The van der Waals surface area contributed by atoms with Crippen LogP contribution in [0, 0.1) is 23.0 Å². The predicted molar refractivity (Wildman–Crippen MR) is 118 cm³/mol. The molecule has 1 fully saturated rings. The highest BCUT2D eigenvalue weighted by Gasteiger charge is 2.54. The summed E-state index contributed by atoms with van der Waals surface area (Å²) in [6, 6.07) is 6.90. The van der Waals surface area contributed by atoms with E-state index in [0.29, 0.717) is 0 Å². The van der Waals surface area contributed by atoms with Crippen LogP contribution in [-0.4, -0.2) is 40.0 Å². The molecule has 0 saturated carbocycles. The fourth-order valence-electron chi connectivity index (χ4n) is 3.75. The van der Waals surface area contributed by atoms with Crippen LogP contribution >= 0.6 is 11.3 Å². The molecule has 0 aliphatic carbocycles. The molecule has 3 aromatic rings. The molecule has 0 bridgehead atoms. The van der Waals surface area contributed by atoms with Crippen molar-refractivity contribution in [3.05, 3.63) is 74.7 Å². The fourth-order valence-corrected chi connectivity index (χ4v) is 4.74. The number of Topliss-reactive ketones (excluding diaryl/α,β-unsaturated/α-hetero) is 2. The van der Waals surface area contributed by atoms with Crippen LogP contribution in [-0.2, 0) is 14.3 Å². The third kappa shape index (κ3) is 3.88. The summed E-state index contributed by atoms with van der Waals surface area (Å²) in [5.74, 6) is -5.09. The van der Waals surface area contributed by atoms with Crippen LogP contribution in [0.2, 0.25) is 0 Å². The number of aromatic nitrogens is 1. The molecule has 1 amide bonds. The van der Waals surface area contributed by atoms with Crippen LogP contribution in [0.3, 0.4) is 0 Å². The van der Waals surface area contributed by atoms with E-state index in [1.54, 1.807) is 13.8 Å². The summed E-state index contributed by atoms with van der Waals surface area (Å²) in [7, 11) is 0. The average molecular weight is 483 g/mol. The normalized spacial score (nSPS) is 17.8. The summed E-state index contributed by atoms with van der Waals surface area (Å²) in [5.41, 5.74) is 0.178. The lowest BCUT2D eigenvalue weighted by atomic mass is 9.88. The van der Waals surface area contributed by atoms with E-state index in [-0.39, 0.29) is 39.3 Å². The molecule has 1 aromatic carbocycles. The number of ether oxygens (including phenoxy) is 1. The molecule has 0 N–H and O–H groups in total. The van der Waals surface area contributed by atoms with Crippen molar-refractivity contribution in [3.63, 3.8) is 0 Å². The summed E-state index contributed by atoms with van der Waals surface area (Å²) < 4.78 is 10.2. The molecule has 4 rings (SSSR count). The highest BCUT2D eigenvalue weighted by molar-refractivity contribution is 7.17. The number of carbonyl (C=O) groups excluding carboxylic acids is 4. The van der Waals surface area contributed by atoms with Crippen molar-refractivity contribution < 1.29 is 33.3 Å². The molecule has 0 radical (unpaired) electrons. The quantitative estimate of drug-likeness (QED) is 0.123. The lowest BCUT2D eigenvalue weighted by Crippen LogP contribution is -2.30. The summed E-state index contributed by atoms with van der Waals surface area (Å²) >= 11 is 0.829. The number of ketones is 2. The Balaban J connectivity index is 1.87. The van der Waals surface area contributed by atoms with E-state index in [1.165, 1.54) is 42.7 Å². The zero-order chi connectivity index (χ0) is 24.6. The molecule has 1 saturated heterocycles. The first-order chi connectivity index (χ1) is 16.2. The second-order valence-corrected chi connectivity index (χ2v) is 8.26. The number of rotatable bonds is 7. The number of nitrogens with zero attached hydrogens (tertiary/aromatic N) is 3. The van der Waals surface area contributed by atoms with Crippen molar-refractivity contribution in [1.82, 2.24) is 4.98 Å². The second-order valence-electron chi connectivity index (χ2n) is 7.29. The molecular formula is C22H17N3O8S. The van der Waals surface area contributed by atoms with E-state index >= 15 is 0 Å². The van der Waals surface area contributed by atoms with Crippen molar-refractivity contribution in [2.45, 2.75) is 19.9 Å². The number of hydrogen-bond acceptors (Lipinski definition) is 10. The Hall–Kier alpha value is -4.19. The molecule has 1 aliphatic rings. The van der Waals surface area contributed by atoms with Crippen molar-refractivity contribution in [2.24, 2.45) is 5.92 Å². The molecule has 174 valence electrons. The summed E-state index contributed by atoms with van der Waals surface area (Å²) in [4.78, 5) is 67.8. The van der Waals surface area contributed by atoms with E-state index in [1.807, 2.05) is 0 Å². The minimum absolute atomic E-state index is 0.00912. The SMILES string of the molecule is CCOC(=O)c1sc(N2C(=O)C(=O)C(C(=O)c3ccco3)C2c2cccc([N+](=O)[O-])c2)nc1C. The minimum Gasteiger partial charge on any atom is -0.462 e. The van der Waals surface area contributed by atoms with Crippen LogP contribution < -0.4 is 4.90 Å². The van der Waals surface area contributed by atoms with Crippen LogP contribution in [0.15, 0.2) is 47.1 Å². The van der Waals surface area contributed by atoms with E-state index in [2.05, 4.69) is 4.98 Å². The van der Waals surface area contributed by atoms with E-state index in [4.69, 9.17) is 9.15 Å². The number of anilines is 1. The maximum Gasteiger partial charge on any atom is 0.350 e. The maximum atomic E-state index is 13.2. The van der Waals surface area contributed by atoms with Gasteiger partial charge in [-0.15, -0.1) is 0 Å². The van der Waals surface area contributed by atoms with Gasteiger partial charge in [-0.3, -0.25) is 29.4 Å². The number of non-ortho nitro benzene ring substituents is 1. The van der Waals surface area contributed by atoms with Gasteiger partial charge in [-0.25, -0.2) is 9.78 Å². The molecular weight excluding hydrogens is 466 g/mol. The largest absolute Gasteiger partial charge is 0.462 e. The van der Waals surface area contributed by atoms with Gasteiger partial charge in [0.25, 0.3) is 11.6 Å². The Morgan fingerprint density at radius 1 is 1.26 bits per heavy atom. The summed E-state index contributed by atoms with van der Waals surface area (Å²) in [5, 5.41) is 11.3. The first-order valence-corrected chi connectivity index (χ1v) is 10.9. The monoisotopic (exact) mass is 483 g/mol. The van der Waals surface area contributed by atoms with Gasteiger partial charge in [0.15, 0.2) is 10.9 Å². The number of aryl methyl sites for hydroxylation is 1. The van der Waals surface area contributed by atoms with Crippen molar-refractivity contribution >= 4 is 45.6 Å². The molecule has 1 aliphatic heterocycles. The second kappa shape index (κ2) is 8.98. The third-order valence-electron chi connectivity index (χ3n) is 5.23. The standard InChI is InChI=1S/C22H17N3O8S/c1-3-32-21(29)19-11(2)23-22(34-19)24-16(12-6-4-7-13(10-12)25(30)31)15(18(27)20(24)28)17(26)14-8-5-9-33-14/h4-10,15-16H,3H2,1-2H3. The van der Waals surface area contributed by atoms with Gasteiger partial charge in [0, 0.05) is 12.1 Å². The fraction of sp³-hybridized carbons (Fsp3) is 0.227. The third-order valence-corrected chi connectivity index (χ3v) is 6.36. The first-order valence-electron chi connectivity index (χ1n) is 10.1. The number of hydrogen-bond donors (Lipinski definition) is 0. The van der Waals surface area contributed by atoms with E-state index < -0.39 is 40.3 Å². The van der Waals surface area contributed by atoms with Gasteiger partial charge in [0.2, 0.25) is 11.6 Å². The number of carbonyl (C=O) groups is 4. The number of benzene rings is 1. The van der Waals surface area contributed by atoms with Crippen LogP contribution in [0.5, 0.6) is 0 Å². The lowest BCUT2D eigenvalue weighted by Gasteiger charge is -2.24. The van der Waals surface area contributed by atoms with E-state index in [9.17, 15) is 29.3 Å². The molecule has 11 nitrogen and oxygen atoms in total. The Labute approximate surface area is 196 Å². The summed E-state index contributed by atoms with van der Waals surface area (Å²) in [6.45, 7) is 3.31. The maximum absolute atomic E-state index is 13.2. The lowest BCUT2D eigenvalue weighted by molar-refractivity contribution is -0.384. The van der Waals surface area contributed by atoms with Gasteiger partial charge in [0.1, 0.15) is 10.8 Å². The average Bonchev–Trinajstić information content (AvgIpc) is 3.53. The Morgan fingerprint density at radius 2 is 2.03 bits per heavy atom. The van der Waals surface area contributed by atoms with Crippen molar-refractivity contribution in [3.8, 4) is 0 Å². The zero-order valence-electron chi connectivity index (χ0n) is 17.9. The highest BCUT2D eigenvalue weighted by atomic mass is 32.1. The first kappa shape index (κ1) is 23.0. The van der Waals surface area contributed by atoms with Crippen LogP contribution in [0.1, 0.15) is 44.4 Å². The molecule has 3 heterocycles. The number of amides is 1. The molecule has 2 aromatic heterocycles. The van der Waals surface area contributed by atoms with Crippen molar-refractivity contribution in [1.29, 1.82) is 0 Å². The van der Waals surface area contributed by atoms with E-state index in [0.717, 1.165) is 16.2 Å². The highest BCUT2D eigenvalue weighted by Crippen LogP contribution is 2.43. The number of esters is 1. The van der Waals surface area contributed by atoms with Gasteiger partial charge in [0.05, 0.1) is 29.5 Å². The topological polar surface area (TPSA) is 150 Å². The molecule has 34 heavy (non-hydrogen) atoms. The van der Waals surface area contributed by atoms with Crippen LogP contribution in [0.4, 0.5) is 10.8 Å². The zero-order valence-corrected chi connectivity index (χ0v) is 18.7. The Morgan fingerprint density at radius 3 is 2.68 bits per heavy atom. The van der Waals surface area contributed by atoms with Crippen molar-refractivity contribution in [2.75, 3.05) is 11.5 Å². The smallest absolute Gasteiger partial charge is 0.350 e. The van der Waals surface area contributed by atoms with Crippen LogP contribution in [0.25, 0.3) is 0 Å². The molecule has 2 unspecified atom stereocenters. The summed E-state index contributed by atoms with van der Waals surface area (Å²) in [6.07, 6.45) is 1.25. The molecule has 0 spiro atoms. The minimum atomic E-state index is -1.53. The number of nitro benzene ring substituents is 1. The number of furan rings is 1. The van der Waals surface area contributed by atoms with Gasteiger partial charge in [-0.2, -0.15) is 0 Å². The molecule has 2 atom stereocenters. The number of thiazole rings is 1.